The molecule has 1 aromatic heterocycles. The minimum absolute atomic E-state index is 0.0537. The molecule has 0 N–H and O–H groups in total. The summed E-state index contributed by atoms with van der Waals surface area (Å²) in [5.41, 5.74) is 2.73. The molecule has 0 unspecified atom stereocenters. The molecule has 0 aliphatic rings. The molecule has 4 aromatic rings. The van der Waals surface area contributed by atoms with Gasteiger partial charge in [-0.2, -0.15) is 0 Å². The van der Waals surface area contributed by atoms with Crippen LogP contribution in [0.15, 0.2) is 88.8 Å². The molecule has 0 atom stereocenters. The van der Waals surface area contributed by atoms with E-state index in [1.165, 1.54) is 5.56 Å². The van der Waals surface area contributed by atoms with Crippen LogP contribution in [0.1, 0.15) is 12.5 Å². The summed E-state index contributed by atoms with van der Waals surface area (Å²) >= 11 is 1.60. The van der Waals surface area contributed by atoms with Crippen LogP contribution in [0.4, 0.5) is 0 Å². The lowest BCUT2D eigenvalue weighted by atomic mass is 10.2. The molecule has 5 heteroatoms. The molecule has 0 aliphatic heterocycles. The fraction of sp³-hybridized carbons (Fsp3) is 0.167. The van der Waals surface area contributed by atoms with Crippen molar-refractivity contribution < 1.29 is 4.74 Å². The summed E-state index contributed by atoms with van der Waals surface area (Å²) in [6.07, 6.45) is 0.914. The smallest absolute Gasteiger partial charge is 0.266 e. The first-order valence-corrected chi connectivity index (χ1v) is 10.7. The molecule has 4 rings (SSSR count). The standard InChI is InChI=1S/C24H22N2O2S/c1-2-28-20-14-12-19(13-15-20)26-23(27)21-10-6-7-11-22(21)25-24(26)29-17-16-18-8-4-3-5-9-18/h3-15H,2,16-17H2,1H3. The molecule has 0 radical (unpaired) electrons. The number of hydrogen-bond acceptors (Lipinski definition) is 4. The number of ether oxygens (including phenoxy) is 1. The zero-order valence-corrected chi connectivity index (χ0v) is 17.1. The lowest BCUT2D eigenvalue weighted by Gasteiger charge is -2.14. The maximum absolute atomic E-state index is 13.3. The molecule has 0 amide bonds. The number of thioether (sulfide) groups is 1. The van der Waals surface area contributed by atoms with Gasteiger partial charge in [0.25, 0.3) is 5.56 Å². The number of hydrogen-bond donors (Lipinski definition) is 0. The number of aryl methyl sites for hydroxylation is 1. The molecule has 3 aromatic carbocycles. The average Bonchev–Trinajstić information content (AvgIpc) is 2.76. The van der Waals surface area contributed by atoms with E-state index in [4.69, 9.17) is 9.72 Å². The molecule has 146 valence electrons. The van der Waals surface area contributed by atoms with Gasteiger partial charge in [0.2, 0.25) is 0 Å². The first-order valence-electron chi connectivity index (χ1n) is 9.68. The summed E-state index contributed by atoms with van der Waals surface area (Å²) < 4.78 is 7.24. The SMILES string of the molecule is CCOc1ccc(-n2c(SCCc3ccccc3)nc3ccccc3c2=O)cc1. The molecular formula is C24H22N2O2S. The Balaban J connectivity index is 1.71. The number of aromatic nitrogens is 2. The lowest BCUT2D eigenvalue weighted by molar-refractivity contribution is 0.340. The molecular weight excluding hydrogens is 380 g/mol. The fourth-order valence-corrected chi connectivity index (χ4v) is 4.20. The van der Waals surface area contributed by atoms with Crippen LogP contribution in [0.25, 0.3) is 16.6 Å². The van der Waals surface area contributed by atoms with Gasteiger partial charge in [-0.25, -0.2) is 4.98 Å². The van der Waals surface area contributed by atoms with Gasteiger partial charge < -0.3 is 4.74 Å². The van der Waals surface area contributed by atoms with E-state index in [1.54, 1.807) is 16.3 Å². The normalized spacial score (nSPS) is 10.9. The molecule has 4 nitrogen and oxygen atoms in total. The van der Waals surface area contributed by atoms with E-state index in [2.05, 4.69) is 12.1 Å². The molecule has 0 saturated carbocycles. The summed E-state index contributed by atoms with van der Waals surface area (Å²) in [4.78, 5) is 18.1. The van der Waals surface area contributed by atoms with Gasteiger partial charge in [0.1, 0.15) is 5.75 Å². The van der Waals surface area contributed by atoms with Crippen molar-refractivity contribution in [1.29, 1.82) is 0 Å². The van der Waals surface area contributed by atoms with Gasteiger partial charge in [-0.05, 0) is 55.3 Å². The van der Waals surface area contributed by atoms with Crippen LogP contribution in [-0.4, -0.2) is 21.9 Å². The van der Waals surface area contributed by atoms with Gasteiger partial charge in [-0.1, -0.05) is 54.2 Å². The number of nitrogens with zero attached hydrogens (tertiary/aromatic N) is 2. The van der Waals surface area contributed by atoms with Gasteiger partial charge in [-0.3, -0.25) is 9.36 Å². The molecule has 0 spiro atoms. The van der Waals surface area contributed by atoms with Crippen LogP contribution in [-0.2, 0) is 6.42 Å². The van der Waals surface area contributed by atoms with Gasteiger partial charge in [0.05, 0.1) is 23.2 Å². The van der Waals surface area contributed by atoms with E-state index in [0.717, 1.165) is 29.1 Å². The third kappa shape index (κ3) is 4.35. The maximum atomic E-state index is 13.3. The Kier molecular flexibility index (Phi) is 5.96. The molecule has 0 bridgehead atoms. The van der Waals surface area contributed by atoms with Crippen molar-refractivity contribution in [2.45, 2.75) is 18.5 Å². The van der Waals surface area contributed by atoms with Crippen LogP contribution < -0.4 is 10.3 Å². The van der Waals surface area contributed by atoms with E-state index in [-0.39, 0.29) is 5.56 Å². The predicted molar refractivity (Wildman–Crippen MR) is 119 cm³/mol. The third-order valence-corrected chi connectivity index (χ3v) is 5.56. The summed E-state index contributed by atoms with van der Waals surface area (Å²) in [6, 6.07) is 25.4. The Morgan fingerprint density at radius 1 is 0.931 bits per heavy atom. The van der Waals surface area contributed by atoms with Crippen molar-refractivity contribution in [3.8, 4) is 11.4 Å². The highest BCUT2D eigenvalue weighted by atomic mass is 32.2. The Morgan fingerprint density at radius 3 is 2.41 bits per heavy atom. The van der Waals surface area contributed by atoms with Gasteiger partial charge in [0, 0.05) is 5.75 Å². The number of rotatable bonds is 7. The first-order chi connectivity index (χ1) is 14.3. The van der Waals surface area contributed by atoms with Crippen LogP contribution >= 0.6 is 11.8 Å². The second-order valence-corrected chi connectivity index (χ2v) is 7.63. The number of benzene rings is 3. The summed E-state index contributed by atoms with van der Waals surface area (Å²) in [6.45, 7) is 2.56. The minimum atomic E-state index is -0.0537. The van der Waals surface area contributed by atoms with Crippen LogP contribution in [0.3, 0.4) is 0 Å². The van der Waals surface area contributed by atoms with E-state index < -0.39 is 0 Å². The first kappa shape index (κ1) is 19.3. The van der Waals surface area contributed by atoms with Crippen molar-refractivity contribution in [2.75, 3.05) is 12.4 Å². The largest absolute Gasteiger partial charge is 0.494 e. The highest BCUT2D eigenvalue weighted by Gasteiger charge is 2.13. The highest BCUT2D eigenvalue weighted by molar-refractivity contribution is 7.99. The van der Waals surface area contributed by atoms with Crippen molar-refractivity contribution in [2.24, 2.45) is 0 Å². The van der Waals surface area contributed by atoms with Crippen molar-refractivity contribution in [3.05, 3.63) is 94.8 Å². The van der Waals surface area contributed by atoms with Gasteiger partial charge >= 0.3 is 0 Å². The van der Waals surface area contributed by atoms with E-state index in [1.807, 2.05) is 73.7 Å². The van der Waals surface area contributed by atoms with Crippen molar-refractivity contribution in [3.63, 3.8) is 0 Å². The van der Waals surface area contributed by atoms with Crippen LogP contribution in [0.2, 0.25) is 0 Å². The second-order valence-electron chi connectivity index (χ2n) is 6.56. The quantitative estimate of drug-likeness (QED) is 0.318. The number of fused-ring (bicyclic) bond motifs is 1. The Morgan fingerprint density at radius 2 is 1.66 bits per heavy atom. The highest BCUT2D eigenvalue weighted by Crippen LogP contribution is 2.23. The molecule has 1 heterocycles. The fourth-order valence-electron chi connectivity index (χ4n) is 3.20. The van der Waals surface area contributed by atoms with E-state index in [9.17, 15) is 4.79 Å². The molecule has 0 saturated heterocycles. The Labute approximate surface area is 174 Å². The van der Waals surface area contributed by atoms with Crippen LogP contribution in [0, 0.1) is 0 Å². The molecule has 0 fully saturated rings. The second kappa shape index (κ2) is 8.97. The van der Waals surface area contributed by atoms with Crippen molar-refractivity contribution >= 4 is 22.7 Å². The molecule has 29 heavy (non-hydrogen) atoms. The third-order valence-electron chi connectivity index (χ3n) is 4.62. The zero-order chi connectivity index (χ0) is 20.1. The van der Waals surface area contributed by atoms with Gasteiger partial charge in [-0.15, -0.1) is 0 Å². The lowest BCUT2D eigenvalue weighted by Crippen LogP contribution is -2.21. The number of para-hydroxylation sites is 1. The summed E-state index contributed by atoms with van der Waals surface area (Å²) in [7, 11) is 0. The maximum Gasteiger partial charge on any atom is 0.266 e. The van der Waals surface area contributed by atoms with Gasteiger partial charge in [0.15, 0.2) is 5.16 Å². The Bertz CT molecular complexity index is 1160. The van der Waals surface area contributed by atoms with E-state index >= 15 is 0 Å². The zero-order valence-electron chi connectivity index (χ0n) is 16.2. The average molecular weight is 403 g/mol. The molecule has 0 aliphatic carbocycles. The summed E-state index contributed by atoms with van der Waals surface area (Å²) in [5.74, 6) is 1.63. The monoisotopic (exact) mass is 402 g/mol. The Hall–Kier alpha value is -3.05. The van der Waals surface area contributed by atoms with E-state index in [0.29, 0.717) is 17.1 Å². The minimum Gasteiger partial charge on any atom is -0.494 e. The predicted octanol–water partition coefficient (Wildman–Crippen LogP) is 5.12. The topological polar surface area (TPSA) is 44.1 Å². The van der Waals surface area contributed by atoms with Crippen molar-refractivity contribution in [1.82, 2.24) is 9.55 Å². The van der Waals surface area contributed by atoms with Crippen LogP contribution in [0.5, 0.6) is 5.75 Å². The summed E-state index contributed by atoms with van der Waals surface area (Å²) in [5, 5.41) is 1.32.